The van der Waals surface area contributed by atoms with Crippen LogP contribution in [0.3, 0.4) is 0 Å². The predicted octanol–water partition coefficient (Wildman–Crippen LogP) is 3.99. The van der Waals surface area contributed by atoms with E-state index in [-0.39, 0.29) is 0 Å². The Labute approximate surface area is 129 Å². The zero-order chi connectivity index (χ0) is 14.9. The van der Waals surface area contributed by atoms with Crippen molar-refractivity contribution in [3.63, 3.8) is 0 Å². The van der Waals surface area contributed by atoms with E-state index in [0.29, 0.717) is 17.5 Å². The summed E-state index contributed by atoms with van der Waals surface area (Å²) in [5, 5.41) is 3.77. The first-order chi connectivity index (χ1) is 10.1. The van der Waals surface area contributed by atoms with E-state index in [0.717, 1.165) is 12.6 Å². The second-order valence-electron chi connectivity index (χ2n) is 7.69. The average Bonchev–Trinajstić information content (AvgIpc) is 2.87. The topological polar surface area (TPSA) is 15.3 Å². The van der Waals surface area contributed by atoms with Gasteiger partial charge in [0.15, 0.2) is 0 Å². The zero-order valence-corrected chi connectivity index (χ0v) is 13.8. The van der Waals surface area contributed by atoms with Gasteiger partial charge in [0.2, 0.25) is 0 Å². The molecular weight excluding hydrogens is 256 g/mol. The van der Waals surface area contributed by atoms with Crippen LogP contribution in [0, 0.1) is 5.41 Å². The number of piperazine rings is 1. The van der Waals surface area contributed by atoms with E-state index in [4.69, 9.17) is 0 Å². The Morgan fingerprint density at radius 1 is 1.24 bits per heavy atom. The fraction of sp³-hybridized carbons (Fsp3) is 0.684. The second-order valence-corrected chi connectivity index (χ2v) is 7.69. The summed E-state index contributed by atoms with van der Waals surface area (Å²) in [6.07, 6.45) is 5.38. The van der Waals surface area contributed by atoms with E-state index < -0.39 is 0 Å². The fourth-order valence-corrected chi connectivity index (χ4v) is 4.24. The quantitative estimate of drug-likeness (QED) is 0.904. The fourth-order valence-electron chi connectivity index (χ4n) is 4.24. The van der Waals surface area contributed by atoms with E-state index in [1.807, 2.05) is 0 Å². The van der Waals surface area contributed by atoms with Crippen LogP contribution in [0.4, 0.5) is 0 Å². The maximum Gasteiger partial charge on any atom is 0.0450 e. The molecule has 3 rings (SSSR count). The standard InChI is InChI=1S/C19H30N2/c1-4-16-13-20-18(15-8-6-5-7-9-15)14-21(16)17-10-11-19(2,3)12-17/h5-9,16-18,20H,4,10-14H2,1-3H3. The molecule has 2 heteroatoms. The first-order valence-corrected chi connectivity index (χ1v) is 8.63. The molecule has 0 bridgehead atoms. The van der Waals surface area contributed by atoms with Crippen molar-refractivity contribution >= 4 is 0 Å². The number of hydrogen-bond acceptors (Lipinski definition) is 2. The van der Waals surface area contributed by atoms with E-state index in [1.165, 1.54) is 37.8 Å². The molecule has 1 aliphatic carbocycles. The van der Waals surface area contributed by atoms with Crippen LogP contribution in [0.15, 0.2) is 30.3 Å². The molecule has 2 aliphatic rings. The molecule has 0 amide bonds. The molecule has 0 spiro atoms. The van der Waals surface area contributed by atoms with Gasteiger partial charge in [-0.15, -0.1) is 0 Å². The lowest BCUT2D eigenvalue weighted by Gasteiger charge is -2.44. The van der Waals surface area contributed by atoms with Crippen LogP contribution in [0.5, 0.6) is 0 Å². The second kappa shape index (κ2) is 6.10. The van der Waals surface area contributed by atoms with Crippen LogP contribution < -0.4 is 5.32 Å². The van der Waals surface area contributed by atoms with Crippen LogP contribution >= 0.6 is 0 Å². The molecule has 21 heavy (non-hydrogen) atoms. The van der Waals surface area contributed by atoms with Crippen molar-refractivity contribution in [1.82, 2.24) is 10.2 Å². The van der Waals surface area contributed by atoms with Crippen molar-refractivity contribution in [2.24, 2.45) is 5.41 Å². The third-order valence-electron chi connectivity index (χ3n) is 5.55. The Balaban J connectivity index is 1.73. The van der Waals surface area contributed by atoms with Crippen molar-refractivity contribution in [2.45, 2.75) is 64.6 Å². The summed E-state index contributed by atoms with van der Waals surface area (Å²) in [5.74, 6) is 0. The molecule has 3 unspecified atom stereocenters. The molecule has 1 saturated carbocycles. The normalized spacial score (nSPS) is 33.2. The molecule has 1 N–H and O–H groups in total. The van der Waals surface area contributed by atoms with Gasteiger partial charge in [-0.1, -0.05) is 51.1 Å². The summed E-state index contributed by atoms with van der Waals surface area (Å²) < 4.78 is 0. The lowest BCUT2D eigenvalue weighted by Crippen LogP contribution is -2.55. The number of benzene rings is 1. The Morgan fingerprint density at radius 3 is 2.62 bits per heavy atom. The van der Waals surface area contributed by atoms with E-state index >= 15 is 0 Å². The molecule has 1 saturated heterocycles. The van der Waals surface area contributed by atoms with Gasteiger partial charge in [0, 0.05) is 31.2 Å². The van der Waals surface area contributed by atoms with Crippen LogP contribution in [0.1, 0.15) is 58.1 Å². The summed E-state index contributed by atoms with van der Waals surface area (Å²) in [6.45, 7) is 9.51. The lowest BCUT2D eigenvalue weighted by molar-refractivity contribution is 0.0759. The minimum atomic E-state index is 0.498. The summed E-state index contributed by atoms with van der Waals surface area (Å²) in [7, 11) is 0. The van der Waals surface area contributed by atoms with Crippen LogP contribution in [0.2, 0.25) is 0 Å². The smallest absolute Gasteiger partial charge is 0.0450 e. The monoisotopic (exact) mass is 286 g/mol. The lowest BCUT2D eigenvalue weighted by atomic mass is 9.91. The minimum absolute atomic E-state index is 0.498. The summed E-state index contributed by atoms with van der Waals surface area (Å²) in [6, 6.07) is 13.0. The van der Waals surface area contributed by atoms with Gasteiger partial charge in [0.1, 0.15) is 0 Å². The maximum absolute atomic E-state index is 3.77. The van der Waals surface area contributed by atoms with Crippen molar-refractivity contribution in [3.8, 4) is 0 Å². The Bertz CT molecular complexity index is 454. The molecule has 0 aromatic heterocycles. The summed E-state index contributed by atoms with van der Waals surface area (Å²) >= 11 is 0. The molecule has 1 aliphatic heterocycles. The first-order valence-electron chi connectivity index (χ1n) is 8.63. The third kappa shape index (κ3) is 3.32. The molecule has 116 valence electrons. The van der Waals surface area contributed by atoms with E-state index in [9.17, 15) is 0 Å². The highest BCUT2D eigenvalue weighted by Crippen LogP contribution is 2.41. The minimum Gasteiger partial charge on any atom is -0.307 e. The van der Waals surface area contributed by atoms with Gasteiger partial charge < -0.3 is 5.32 Å². The number of hydrogen-bond donors (Lipinski definition) is 1. The van der Waals surface area contributed by atoms with Gasteiger partial charge in [0.05, 0.1) is 0 Å². The van der Waals surface area contributed by atoms with Crippen LogP contribution in [-0.4, -0.2) is 30.1 Å². The molecule has 1 heterocycles. The third-order valence-corrected chi connectivity index (χ3v) is 5.55. The predicted molar refractivity (Wildman–Crippen MR) is 89.4 cm³/mol. The number of nitrogens with one attached hydrogen (secondary N) is 1. The largest absolute Gasteiger partial charge is 0.307 e. The van der Waals surface area contributed by atoms with E-state index in [2.05, 4.69) is 61.3 Å². The Morgan fingerprint density at radius 2 is 2.00 bits per heavy atom. The molecule has 2 fully saturated rings. The average molecular weight is 286 g/mol. The molecule has 3 atom stereocenters. The van der Waals surface area contributed by atoms with Crippen molar-refractivity contribution < 1.29 is 0 Å². The van der Waals surface area contributed by atoms with Crippen molar-refractivity contribution in [2.75, 3.05) is 13.1 Å². The molecule has 1 aromatic rings. The van der Waals surface area contributed by atoms with Crippen molar-refractivity contribution in [1.29, 1.82) is 0 Å². The first kappa shape index (κ1) is 15.1. The highest BCUT2D eigenvalue weighted by Gasteiger charge is 2.39. The van der Waals surface area contributed by atoms with Gasteiger partial charge >= 0.3 is 0 Å². The highest BCUT2D eigenvalue weighted by molar-refractivity contribution is 5.20. The van der Waals surface area contributed by atoms with Crippen LogP contribution in [-0.2, 0) is 0 Å². The van der Waals surface area contributed by atoms with Gasteiger partial charge in [-0.05, 0) is 36.7 Å². The van der Waals surface area contributed by atoms with Gasteiger partial charge in [-0.3, -0.25) is 4.90 Å². The van der Waals surface area contributed by atoms with Crippen LogP contribution in [0.25, 0.3) is 0 Å². The van der Waals surface area contributed by atoms with E-state index in [1.54, 1.807) is 0 Å². The molecule has 2 nitrogen and oxygen atoms in total. The SMILES string of the molecule is CCC1CNC(c2ccccc2)CN1C1CCC(C)(C)C1. The van der Waals surface area contributed by atoms with Gasteiger partial charge in [-0.25, -0.2) is 0 Å². The summed E-state index contributed by atoms with van der Waals surface area (Å²) in [4.78, 5) is 2.82. The zero-order valence-electron chi connectivity index (χ0n) is 13.8. The Hall–Kier alpha value is -0.860. The maximum atomic E-state index is 3.77. The number of nitrogens with zero attached hydrogens (tertiary/aromatic N) is 1. The molecule has 1 aromatic carbocycles. The van der Waals surface area contributed by atoms with Gasteiger partial charge in [-0.2, -0.15) is 0 Å². The van der Waals surface area contributed by atoms with Crippen molar-refractivity contribution in [3.05, 3.63) is 35.9 Å². The highest BCUT2D eigenvalue weighted by atomic mass is 15.3. The summed E-state index contributed by atoms with van der Waals surface area (Å²) in [5.41, 5.74) is 1.98. The Kier molecular flexibility index (Phi) is 4.37. The number of rotatable bonds is 3. The molecular formula is C19H30N2. The van der Waals surface area contributed by atoms with Gasteiger partial charge in [0.25, 0.3) is 0 Å². The molecule has 0 radical (unpaired) electrons.